The van der Waals surface area contributed by atoms with Gasteiger partial charge in [0, 0.05) is 33.9 Å². The molecule has 0 aromatic heterocycles. The van der Waals surface area contributed by atoms with Crippen LogP contribution in [0.25, 0.3) is 0 Å². The molecule has 1 fully saturated rings. The number of hydrogen-bond donors (Lipinski definition) is 1. The molecule has 1 saturated carbocycles. The maximum Gasteiger partial charge on any atom is 0.227 e. The van der Waals surface area contributed by atoms with E-state index in [1.807, 2.05) is 54.6 Å². The van der Waals surface area contributed by atoms with Crippen molar-refractivity contribution in [3.05, 3.63) is 65.7 Å². The van der Waals surface area contributed by atoms with Crippen molar-refractivity contribution in [1.29, 1.82) is 0 Å². The van der Waals surface area contributed by atoms with Crippen molar-refractivity contribution in [3.63, 3.8) is 0 Å². The van der Waals surface area contributed by atoms with Crippen LogP contribution in [0.4, 0.5) is 5.69 Å². The number of rotatable bonds is 6. The van der Waals surface area contributed by atoms with Gasteiger partial charge < -0.3 is 5.32 Å². The minimum atomic E-state index is -0.958. The lowest BCUT2D eigenvalue weighted by atomic mass is 10.1. The van der Waals surface area contributed by atoms with Gasteiger partial charge in [-0.25, -0.2) is 0 Å². The monoisotopic (exact) mass is 341 g/mol. The van der Waals surface area contributed by atoms with Crippen LogP contribution in [-0.4, -0.2) is 10.1 Å². The highest BCUT2D eigenvalue weighted by molar-refractivity contribution is 7.83. The van der Waals surface area contributed by atoms with Crippen LogP contribution in [0.5, 0.6) is 0 Å². The second-order valence-electron chi connectivity index (χ2n) is 6.39. The van der Waals surface area contributed by atoms with E-state index in [9.17, 15) is 9.00 Å². The summed E-state index contributed by atoms with van der Waals surface area (Å²) in [6.45, 7) is 0. The van der Waals surface area contributed by atoms with Crippen molar-refractivity contribution >= 4 is 22.4 Å². The van der Waals surface area contributed by atoms with E-state index in [4.69, 9.17) is 0 Å². The summed E-state index contributed by atoms with van der Waals surface area (Å²) in [5.41, 5.74) is 2.89. The molecular formula is C20H23NO2S. The number of nitrogens with one attached hydrogen (secondary N) is 1. The molecule has 3 rings (SSSR count). The average Bonchev–Trinajstić information content (AvgIpc) is 3.10. The summed E-state index contributed by atoms with van der Waals surface area (Å²) >= 11 is 0. The van der Waals surface area contributed by atoms with Crippen LogP contribution in [0, 0.1) is 5.92 Å². The van der Waals surface area contributed by atoms with Crippen LogP contribution >= 0.6 is 0 Å². The first-order valence-corrected chi connectivity index (χ1v) is 9.98. The summed E-state index contributed by atoms with van der Waals surface area (Å²) in [6, 6.07) is 17.6. The second kappa shape index (κ2) is 8.25. The first-order chi connectivity index (χ1) is 11.7. The third-order valence-electron chi connectivity index (χ3n) is 4.42. The SMILES string of the molecule is O=C(Nc1cccc(C[S@@](=O)Cc2ccccc2)c1)C1CCCC1. The molecule has 0 heterocycles. The number of carbonyl (C=O) groups excluding carboxylic acids is 1. The number of hydrogen-bond acceptors (Lipinski definition) is 2. The molecule has 3 nitrogen and oxygen atoms in total. The topological polar surface area (TPSA) is 46.2 Å². The van der Waals surface area contributed by atoms with Gasteiger partial charge in [-0.1, -0.05) is 55.3 Å². The number of amides is 1. The van der Waals surface area contributed by atoms with Crippen LogP contribution < -0.4 is 5.32 Å². The quantitative estimate of drug-likeness (QED) is 0.853. The van der Waals surface area contributed by atoms with Crippen molar-refractivity contribution in [2.45, 2.75) is 37.2 Å². The molecule has 126 valence electrons. The average molecular weight is 341 g/mol. The molecule has 2 aromatic rings. The van der Waals surface area contributed by atoms with Crippen molar-refractivity contribution in [3.8, 4) is 0 Å². The Hall–Kier alpha value is -1.94. The zero-order valence-electron chi connectivity index (χ0n) is 13.7. The summed E-state index contributed by atoms with van der Waals surface area (Å²) in [7, 11) is -0.958. The van der Waals surface area contributed by atoms with Crippen molar-refractivity contribution in [2.75, 3.05) is 5.32 Å². The molecule has 0 aliphatic heterocycles. The molecule has 2 aromatic carbocycles. The Balaban J connectivity index is 1.58. The highest BCUT2D eigenvalue weighted by Gasteiger charge is 2.22. The summed E-state index contributed by atoms with van der Waals surface area (Å²) in [5.74, 6) is 1.33. The van der Waals surface area contributed by atoms with E-state index in [2.05, 4.69) is 5.32 Å². The molecule has 1 N–H and O–H groups in total. The maximum absolute atomic E-state index is 12.3. The molecule has 0 unspecified atom stereocenters. The Bertz CT molecular complexity index is 709. The zero-order chi connectivity index (χ0) is 16.8. The summed E-state index contributed by atoms with van der Waals surface area (Å²) in [6.07, 6.45) is 4.28. The molecule has 0 spiro atoms. The van der Waals surface area contributed by atoms with Gasteiger partial charge >= 0.3 is 0 Å². The van der Waals surface area contributed by atoms with Crippen LogP contribution in [0.15, 0.2) is 54.6 Å². The Morgan fingerprint density at radius 1 is 0.958 bits per heavy atom. The normalized spacial score (nSPS) is 16.0. The van der Waals surface area contributed by atoms with Crippen LogP contribution in [0.3, 0.4) is 0 Å². The Kier molecular flexibility index (Phi) is 5.81. The number of anilines is 1. The van der Waals surface area contributed by atoms with Crippen molar-refractivity contribution in [2.24, 2.45) is 5.92 Å². The molecule has 4 heteroatoms. The Morgan fingerprint density at radius 3 is 2.38 bits per heavy atom. The van der Waals surface area contributed by atoms with Crippen LogP contribution in [0.1, 0.15) is 36.8 Å². The molecule has 1 aliphatic rings. The molecule has 0 bridgehead atoms. The van der Waals surface area contributed by atoms with E-state index in [1.165, 1.54) is 0 Å². The standard InChI is InChI=1S/C20H23NO2S/c22-20(18-10-4-5-11-18)21-19-12-6-9-17(13-19)15-24(23)14-16-7-2-1-3-8-16/h1-3,6-9,12-13,18H,4-5,10-11,14-15H2,(H,21,22)/t24-/m0/s1. The Labute approximate surface area is 145 Å². The lowest BCUT2D eigenvalue weighted by Gasteiger charge is -2.11. The highest BCUT2D eigenvalue weighted by Crippen LogP contribution is 2.26. The van der Waals surface area contributed by atoms with E-state index in [1.54, 1.807) is 0 Å². The van der Waals surface area contributed by atoms with Gasteiger partial charge in [-0.05, 0) is 36.1 Å². The minimum Gasteiger partial charge on any atom is -0.326 e. The first kappa shape index (κ1) is 16.9. The summed E-state index contributed by atoms with van der Waals surface area (Å²) < 4.78 is 12.3. The van der Waals surface area contributed by atoms with E-state index < -0.39 is 10.8 Å². The first-order valence-electron chi connectivity index (χ1n) is 8.49. The summed E-state index contributed by atoms with van der Waals surface area (Å²) in [5, 5.41) is 3.01. The third-order valence-corrected chi connectivity index (χ3v) is 5.73. The number of benzene rings is 2. The highest BCUT2D eigenvalue weighted by atomic mass is 32.2. The van der Waals surface area contributed by atoms with Crippen LogP contribution in [-0.2, 0) is 27.1 Å². The fraction of sp³-hybridized carbons (Fsp3) is 0.350. The van der Waals surface area contributed by atoms with Gasteiger partial charge in [0.05, 0.1) is 0 Å². The van der Waals surface area contributed by atoms with Gasteiger partial charge in [-0.3, -0.25) is 9.00 Å². The zero-order valence-corrected chi connectivity index (χ0v) is 14.6. The van der Waals surface area contributed by atoms with Gasteiger partial charge in [0.25, 0.3) is 0 Å². The molecule has 24 heavy (non-hydrogen) atoms. The van der Waals surface area contributed by atoms with Gasteiger partial charge in [-0.15, -0.1) is 0 Å². The smallest absolute Gasteiger partial charge is 0.227 e. The van der Waals surface area contributed by atoms with E-state index in [-0.39, 0.29) is 11.8 Å². The third kappa shape index (κ3) is 4.78. The molecule has 0 saturated heterocycles. The van der Waals surface area contributed by atoms with Crippen molar-refractivity contribution in [1.82, 2.24) is 0 Å². The molecule has 1 aliphatic carbocycles. The van der Waals surface area contributed by atoms with Gasteiger partial charge in [0.2, 0.25) is 5.91 Å². The molecular weight excluding hydrogens is 318 g/mol. The predicted octanol–water partition coefficient (Wildman–Crippen LogP) is 4.26. The largest absolute Gasteiger partial charge is 0.326 e. The van der Waals surface area contributed by atoms with E-state index >= 15 is 0 Å². The second-order valence-corrected chi connectivity index (χ2v) is 7.84. The van der Waals surface area contributed by atoms with Gasteiger partial charge in [0.1, 0.15) is 0 Å². The van der Waals surface area contributed by atoms with E-state index in [0.717, 1.165) is 42.5 Å². The Morgan fingerprint density at radius 2 is 1.62 bits per heavy atom. The fourth-order valence-corrected chi connectivity index (χ4v) is 4.39. The maximum atomic E-state index is 12.3. The van der Waals surface area contributed by atoms with Crippen LogP contribution in [0.2, 0.25) is 0 Å². The molecule has 0 radical (unpaired) electrons. The van der Waals surface area contributed by atoms with E-state index in [0.29, 0.717) is 11.5 Å². The fourth-order valence-electron chi connectivity index (χ4n) is 3.17. The number of carbonyl (C=O) groups is 1. The van der Waals surface area contributed by atoms with Crippen molar-refractivity contribution < 1.29 is 9.00 Å². The minimum absolute atomic E-state index is 0.120. The molecule has 1 atom stereocenters. The lowest BCUT2D eigenvalue weighted by molar-refractivity contribution is -0.119. The lowest BCUT2D eigenvalue weighted by Crippen LogP contribution is -2.20. The van der Waals surface area contributed by atoms with Gasteiger partial charge in [0.15, 0.2) is 0 Å². The molecule has 1 amide bonds. The summed E-state index contributed by atoms with van der Waals surface area (Å²) in [4.78, 5) is 12.2. The van der Waals surface area contributed by atoms with Gasteiger partial charge in [-0.2, -0.15) is 0 Å². The predicted molar refractivity (Wildman–Crippen MR) is 99.0 cm³/mol.